The van der Waals surface area contributed by atoms with Gasteiger partial charge < -0.3 is 10.8 Å². The number of aromatic hydroxyl groups is 1. The maximum Gasteiger partial charge on any atom is 0.416 e. The molecule has 7 nitrogen and oxygen atoms in total. The summed E-state index contributed by atoms with van der Waals surface area (Å²) in [5.74, 6) is -1.59. The lowest BCUT2D eigenvalue weighted by molar-refractivity contribution is -0.137. The van der Waals surface area contributed by atoms with Crippen LogP contribution in [0.15, 0.2) is 71.8 Å². The van der Waals surface area contributed by atoms with Crippen LogP contribution in [-0.2, 0) is 15.8 Å². The van der Waals surface area contributed by atoms with Gasteiger partial charge in [-0.25, -0.2) is 5.43 Å². The van der Waals surface area contributed by atoms with Crippen molar-refractivity contribution in [2.45, 2.75) is 32.9 Å². The van der Waals surface area contributed by atoms with Crippen molar-refractivity contribution in [3.63, 3.8) is 0 Å². The Balaban J connectivity index is 1.99. The van der Waals surface area contributed by atoms with E-state index in [1.807, 2.05) is 19.9 Å². The van der Waals surface area contributed by atoms with Gasteiger partial charge in [-0.2, -0.15) is 18.3 Å². The minimum atomic E-state index is -4.60. The first kappa shape index (κ1) is 26.5. The molecule has 196 valence electrons. The molecule has 2 amide bonds. The molecule has 0 saturated carbocycles. The summed E-state index contributed by atoms with van der Waals surface area (Å²) in [6, 6.07) is 17.2. The average Bonchev–Trinajstić information content (AvgIpc) is 3.13. The fourth-order valence-electron chi connectivity index (χ4n) is 4.30. The number of carbonyl (C=O) groups is 2. The van der Waals surface area contributed by atoms with Crippen molar-refractivity contribution in [2.24, 2.45) is 10.8 Å². The number of carbonyl (C=O) groups excluding carboxylic acids is 2. The number of alkyl halides is 3. The number of hydrazone groups is 1. The number of nitrogens with zero attached hydrogens (tertiary/aromatic N) is 2. The molecule has 0 fully saturated rings. The molecule has 4 aromatic rings. The summed E-state index contributed by atoms with van der Waals surface area (Å²) >= 11 is 0. The van der Waals surface area contributed by atoms with E-state index in [-0.39, 0.29) is 35.5 Å². The molecule has 1 heterocycles. The Bertz CT molecular complexity index is 1540. The van der Waals surface area contributed by atoms with Crippen LogP contribution in [0.3, 0.4) is 0 Å². The molecule has 0 radical (unpaired) electrons. The summed E-state index contributed by atoms with van der Waals surface area (Å²) in [5, 5.41) is 16.1. The number of rotatable bonds is 7. The van der Waals surface area contributed by atoms with Gasteiger partial charge in [0.2, 0.25) is 17.7 Å². The molecule has 0 unspecified atom stereocenters. The number of benzene rings is 3. The lowest BCUT2D eigenvalue weighted by Crippen LogP contribution is -2.22. The Hall–Kier alpha value is -4.60. The largest absolute Gasteiger partial charge is 0.494 e. The minimum Gasteiger partial charge on any atom is -0.494 e. The van der Waals surface area contributed by atoms with Crippen molar-refractivity contribution < 1.29 is 27.9 Å². The van der Waals surface area contributed by atoms with Crippen molar-refractivity contribution in [3.8, 4) is 11.6 Å². The topological polar surface area (TPSA) is 110 Å². The predicted molar refractivity (Wildman–Crippen MR) is 138 cm³/mol. The van der Waals surface area contributed by atoms with Crippen molar-refractivity contribution in [1.29, 1.82) is 0 Å². The standard InChI is InChI=1S/C28H25F3N4O3/c1-16-12-17(2)14-20(13-16)35-22-15-19(28(29,30)31)8-9-21(22)25(27(35)38)26(18-6-4-3-5-7-18)34-33-24(37)11-10-23(32)36/h3-9,12-15,38H,10-11H2,1-2H3,(H2,32,36)(H,33,37). The summed E-state index contributed by atoms with van der Waals surface area (Å²) in [4.78, 5) is 23.4. The zero-order valence-electron chi connectivity index (χ0n) is 20.6. The van der Waals surface area contributed by atoms with Crippen LogP contribution in [0.1, 0.15) is 40.7 Å². The normalized spacial score (nSPS) is 12.1. The van der Waals surface area contributed by atoms with E-state index in [1.54, 1.807) is 42.5 Å². The van der Waals surface area contributed by atoms with Crippen molar-refractivity contribution in [3.05, 3.63) is 94.5 Å². The molecule has 10 heteroatoms. The first-order valence-electron chi connectivity index (χ1n) is 11.7. The Labute approximate surface area is 216 Å². The smallest absolute Gasteiger partial charge is 0.416 e. The van der Waals surface area contributed by atoms with E-state index >= 15 is 0 Å². The fraction of sp³-hybridized carbons (Fsp3) is 0.179. The predicted octanol–water partition coefficient (Wildman–Crippen LogP) is 5.11. The van der Waals surface area contributed by atoms with Gasteiger partial charge in [0.25, 0.3) is 0 Å². The Morgan fingerprint density at radius 3 is 2.24 bits per heavy atom. The van der Waals surface area contributed by atoms with Gasteiger partial charge in [-0.15, -0.1) is 0 Å². The van der Waals surface area contributed by atoms with Crippen molar-refractivity contribution >= 4 is 28.4 Å². The number of hydrogen-bond donors (Lipinski definition) is 3. The van der Waals surface area contributed by atoms with Crippen LogP contribution in [-0.4, -0.2) is 27.2 Å². The minimum absolute atomic E-state index is 0.112. The number of halogens is 3. The molecule has 0 aliphatic heterocycles. The van der Waals surface area contributed by atoms with Gasteiger partial charge in [0.05, 0.1) is 16.6 Å². The average molecular weight is 523 g/mol. The molecule has 0 aliphatic rings. The van der Waals surface area contributed by atoms with E-state index < -0.39 is 23.6 Å². The zero-order chi connectivity index (χ0) is 27.6. The van der Waals surface area contributed by atoms with Crippen LogP contribution in [0.2, 0.25) is 0 Å². The van der Waals surface area contributed by atoms with Crippen LogP contribution >= 0.6 is 0 Å². The molecule has 4 rings (SSSR count). The van der Waals surface area contributed by atoms with Gasteiger partial charge in [-0.3, -0.25) is 14.2 Å². The second-order valence-electron chi connectivity index (χ2n) is 8.94. The van der Waals surface area contributed by atoms with Crippen molar-refractivity contribution in [2.75, 3.05) is 0 Å². The molecule has 0 spiro atoms. The van der Waals surface area contributed by atoms with Gasteiger partial charge in [0.1, 0.15) is 5.71 Å². The Morgan fingerprint density at radius 2 is 1.63 bits per heavy atom. The number of fused-ring (bicyclic) bond motifs is 1. The number of primary amides is 1. The monoisotopic (exact) mass is 522 g/mol. The summed E-state index contributed by atoms with van der Waals surface area (Å²) < 4.78 is 42.4. The number of aryl methyl sites for hydroxylation is 2. The molecule has 0 atom stereocenters. The Kier molecular flexibility index (Phi) is 7.25. The van der Waals surface area contributed by atoms with E-state index in [1.165, 1.54) is 10.6 Å². The third-order valence-electron chi connectivity index (χ3n) is 5.91. The van der Waals surface area contributed by atoms with Crippen LogP contribution in [0.25, 0.3) is 16.6 Å². The third kappa shape index (κ3) is 5.54. The summed E-state index contributed by atoms with van der Waals surface area (Å²) in [5.41, 5.74) is 9.65. The van der Waals surface area contributed by atoms with Crippen LogP contribution < -0.4 is 11.2 Å². The van der Waals surface area contributed by atoms with E-state index in [9.17, 15) is 27.9 Å². The third-order valence-corrected chi connectivity index (χ3v) is 5.91. The molecule has 4 N–H and O–H groups in total. The van der Waals surface area contributed by atoms with Crippen molar-refractivity contribution in [1.82, 2.24) is 9.99 Å². The second kappa shape index (κ2) is 10.4. The number of nitrogens with one attached hydrogen (secondary N) is 1. The van der Waals surface area contributed by atoms with Gasteiger partial charge in [0.15, 0.2) is 0 Å². The van der Waals surface area contributed by atoms with Gasteiger partial charge in [-0.05, 0) is 49.2 Å². The van der Waals surface area contributed by atoms with Gasteiger partial charge in [-0.1, -0.05) is 42.5 Å². The van der Waals surface area contributed by atoms with Crippen LogP contribution in [0.5, 0.6) is 5.88 Å². The first-order valence-corrected chi connectivity index (χ1v) is 11.7. The highest BCUT2D eigenvalue weighted by molar-refractivity contribution is 6.21. The molecule has 38 heavy (non-hydrogen) atoms. The molecule has 1 aromatic heterocycles. The van der Waals surface area contributed by atoms with E-state index in [2.05, 4.69) is 10.5 Å². The number of amides is 2. The Morgan fingerprint density at radius 1 is 0.974 bits per heavy atom. The molecular formula is C28H25F3N4O3. The number of aromatic nitrogens is 1. The fourth-order valence-corrected chi connectivity index (χ4v) is 4.30. The second-order valence-corrected chi connectivity index (χ2v) is 8.94. The lowest BCUT2D eigenvalue weighted by atomic mass is 10.0. The molecule has 3 aromatic carbocycles. The molecule has 0 aliphatic carbocycles. The van der Waals surface area contributed by atoms with Gasteiger partial charge in [0, 0.05) is 29.5 Å². The lowest BCUT2D eigenvalue weighted by Gasteiger charge is -2.12. The first-order chi connectivity index (χ1) is 18.0. The van der Waals surface area contributed by atoms with E-state index in [0.29, 0.717) is 16.6 Å². The molecular weight excluding hydrogens is 497 g/mol. The number of nitrogens with two attached hydrogens (primary N) is 1. The highest BCUT2D eigenvalue weighted by Crippen LogP contribution is 2.39. The zero-order valence-corrected chi connectivity index (χ0v) is 20.6. The van der Waals surface area contributed by atoms with Crippen LogP contribution in [0.4, 0.5) is 13.2 Å². The summed E-state index contributed by atoms with van der Waals surface area (Å²) in [6.07, 6.45) is -4.99. The van der Waals surface area contributed by atoms with E-state index in [4.69, 9.17) is 5.73 Å². The summed E-state index contributed by atoms with van der Waals surface area (Å²) in [6.45, 7) is 3.69. The number of hydrogen-bond acceptors (Lipinski definition) is 4. The quantitative estimate of drug-likeness (QED) is 0.232. The van der Waals surface area contributed by atoms with Crippen LogP contribution in [0, 0.1) is 13.8 Å². The van der Waals surface area contributed by atoms with Gasteiger partial charge >= 0.3 is 6.18 Å². The molecule has 0 bridgehead atoms. The molecule has 0 saturated heterocycles. The summed E-state index contributed by atoms with van der Waals surface area (Å²) in [7, 11) is 0. The SMILES string of the molecule is Cc1cc(C)cc(-n2c(O)c(C(=NNC(=O)CCC(N)=O)c3ccccc3)c3ccc(C(F)(F)F)cc32)c1. The highest BCUT2D eigenvalue weighted by atomic mass is 19.4. The maximum atomic E-state index is 13.7. The highest BCUT2D eigenvalue weighted by Gasteiger charge is 2.32. The maximum absolute atomic E-state index is 13.7. The van der Waals surface area contributed by atoms with E-state index in [0.717, 1.165) is 23.3 Å².